The maximum atomic E-state index is 8.36. The smallest absolute Gasteiger partial charge is 0.291 e. The van der Waals surface area contributed by atoms with Crippen LogP contribution in [0, 0.1) is 10.1 Å². The summed E-state index contributed by atoms with van der Waals surface area (Å²) < 4.78 is 0. The molecule has 2 aromatic carbocycles. The Labute approximate surface area is 158 Å². The van der Waals surface area contributed by atoms with Crippen LogP contribution in [0.15, 0.2) is 53.5 Å². The van der Waals surface area contributed by atoms with E-state index in [9.17, 15) is 0 Å². The van der Waals surface area contributed by atoms with Crippen LogP contribution < -0.4 is 11.5 Å². The van der Waals surface area contributed by atoms with Crippen LogP contribution in [0.1, 0.15) is 22.3 Å². The van der Waals surface area contributed by atoms with Crippen molar-refractivity contribution in [2.24, 2.45) is 16.5 Å². The molecule has 0 amide bonds. The van der Waals surface area contributed by atoms with Crippen molar-refractivity contribution in [2.75, 3.05) is 13.1 Å². The normalized spacial score (nSPS) is 13.5. The van der Waals surface area contributed by atoms with Gasteiger partial charge in [0.2, 0.25) is 0 Å². The van der Waals surface area contributed by atoms with Gasteiger partial charge in [-0.05, 0) is 35.1 Å². The van der Waals surface area contributed by atoms with E-state index in [2.05, 4.69) is 58.4 Å². The molecule has 0 fully saturated rings. The Hall–Kier alpha value is -3.13. The second-order valence-electron chi connectivity index (χ2n) is 6.29. The minimum atomic E-state index is -1.50. The molecule has 0 saturated heterocycles. The Morgan fingerprint density at radius 2 is 1.41 bits per heavy atom. The molecule has 1 aliphatic heterocycles. The number of aliphatic imine (C=N–C) groups is 1. The Morgan fingerprint density at radius 1 is 1.00 bits per heavy atom. The van der Waals surface area contributed by atoms with E-state index in [1.807, 2.05) is 0 Å². The van der Waals surface area contributed by atoms with E-state index in [0.717, 1.165) is 32.5 Å². The number of guanidine groups is 1. The van der Waals surface area contributed by atoms with E-state index in [1.165, 1.54) is 22.3 Å². The fourth-order valence-corrected chi connectivity index (χ4v) is 3.20. The van der Waals surface area contributed by atoms with E-state index in [1.54, 1.807) is 0 Å². The summed E-state index contributed by atoms with van der Waals surface area (Å²) in [6, 6.07) is 17.5. The molecule has 0 bridgehead atoms. The first-order valence-corrected chi connectivity index (χ1v) is 8.70. The van der Waals surface area contributed by atoms with Gasteiger partial charge in [0.15, 0.2) is 5.96 Å². The molecule has 5 N–H and O–H groups in total. The molecular weight excluding hydrogens is 346 g/mol. The van der Waals surface area contributed by atoms with Crippen LogP contribution in [0.25, 0.3) is 0 Å². The van der Waals surface area contributed by atoms with Crippen LogP contribution in [0.4, 0.5) is 0 Å². The van der Waals surface area contributed by atoms with Crippen LogP contribution >= 0.6 is 0 Å². The van der Waals surface area contributed by atoms with Gasteiger partial charge in [0, 0.05) is 19.6 Å². The third-order valence-electron chi connectivity index (χ3n) is 4.40. The molecule has 0 saturated carbocycles. The second kappa shape index (κ2) is 10.1. The summed E-state index contributed by atoms with van der Waals surface area (Å²) in [4.78, 5) is 14.9. The molecule has 0 spiro atoms. The molecule has 8 heteroatoms. The van der Waals surface area contributed by atoms with E-state index < -0.39 is 5.09 Å². The minimum absolute atomic E-state index is 0.162. The Morgan fingerprint density at radius 3 is 1.81 bits per heavy atom. The van der Waals surface area contributed by atoms with Gasteiger partial charge in [-0.3, -0.25) is 9.89 Å². The number of nitrogens with zero attached hydrogens (tertiary/aromatic N) is 3. The van der Waals surface area contributed by atoms with Crippen molar-refractivity contribution in [1.29, 1.82) is 0 Å². The van der Waals surface area contributed by atoms with Crippen molar-refractivity contribution in [3.05, 3.63) is 80.9 Å². The predicted octanol–water partition coefficient (Wildman–Crippen LogP) is 1.71. The predicted molar refractivity (Wildman–Crippen MR) is 104 cm³/mol. The second-order valence-corrected chi connectivity index (χ2v) is 6.29. The van der Waals surface area contributed by atoms with E-state index >= 15 is 0 Å². The van der Waals surface area contributed by atoms with Gasteiger partial charge in [0.05, 0.1) is 6.54 Å². The third kappa shape index (κ3) is 6.95. The topological polar surface area (TPSA) is 131 Å². The highest BCUT2D eigenvalue weighted by Crippen LogP contribution is 2.21. The molecule has 8 nitrogen and oxygen atoms in total. The summed E-state index contributed by atoms with van der Waals surface area (Å²) in [6.45, 7) is 3.35. The van der Waals surface area contributed by atoms with Gasteiger partial charge in [0.1, 0.15) is 0 Å². The fourth-order valence-electron chi connectivity index (χ4n) is 3.20. The number of aryl methyl sites for hydroxylation is 2. The summed E-state index contributed by atoms with van der Waals surface area (Å²) in [6.07, 6.45) is 2.18. The zero-order valence-electron chi connectivity index (χ0n) is 15.1. The van der Waals surface area contributed by atoms with Crippen molar-refractivity contribution >= 4 is 5.96 Å². The van der Waals surface area contributed by atoms with Gasteiger partial charge in [-0.25, -0.2) is 0 Å². The first-order valence-electron chi connectivity index (χ1n) is 8.70. The van der Waals surface area contributed by atoms with Crippen molar-refractivity contribution < 1.29 is 10.3 Å². The van der Waals surface area contributed by atoms with E-state index in [4.69, 9.17) is 26.8 Å². The quantitative estimate of drug-likeness (QED) is 0.326. The van der Waals surface area contributed by atoms with Crippen molar-refractivity contribution in [3.63, 3.8) is 0 Å². The number of hydrogen-bond donors (Lipinski definition) is 3. The van der Waals surface area contributed by atoms with Crippen LogP contribution in [0.2, 0.25) is 0 Å². The number of benzene rings is 2. The van der Waals surface area contributed by atoms with Gasteiger partial charge in [-0.15, -0.1) is 10.1 Å². The molecule has 27 heavy (non-hydrogen) atoms. The highest BCUT2D eigenvalue weighted by Gasteiger charge is 2.14. The van der Waals surface area contributed by atoms with Crippen LogP contribution in [-0.2, 0) is 25.9 Å². The first kappa shape index (κ1) is 20.2. The summed E-state index contributed by atoms with van der Waals surface area (Å²) in [7, 11) is 0. The number of fused-ring (bicyclic) bond motifs is 2. The lowest BCUT2D eigenvalue weighted by atomic mass is 9.98. The number of rotatable bonds is 3. The maximum Gasteiger partial charge on any atom is 0.291 e. The average Bonchev–Trinajstić information content (AvgIpc) is 2.68. The Balaban J connectivity index is 0.000000596. The minimum Gasteiger partial charge on any atom is -0.370 e. The highest BCUT2D eigenvalue weighted by molar-refractivity contribution is 5.75. The molecule has 0 radical (unpaired) electrons. The van der Waals surface area contributed by atoms with Crippen molar-refractivity contribution in [1.82, 2.24) is 4.90 Å². The zero-order valence-corrected chi connectivity index (χ0v) is 15.1. The molecule has 3 rings (SSSR count). The Kier molecular flexibility index (Phi) is 7.57. The molecule has 0 atom stereocenters. The summed E-state index contributed by atoms with van der Waals surface area (Å²) in [5.41, 5.74) is 16.6. The highest BCUT2D eigenvalue weighted by atomic mass is 16.9. The van der Waals surface area contributed by atoms with Crippen LogP contribution in [0.3, 0.4) is 0 Å². The largest absolute Gasteiger partial charge is 0.370 e. The van der Waals surface area contributed by atoms with Gasteiger partial charge < -0.3 is 16.7 Å². The molecule has 2 aromatic rings. The van der Waals surface area contributed by atoms with Crippen LogP contribution in [0.5, 0.6) is 0 Å². The maximum absolute atomic E-state index is 8.36. The fraction of sp³-hybridized carbons (Fsp3) is 0.316. The standard InChI is InChI=1S/C19H24N4.HNO3/c20-19(21)22-11-12-23-13-17-7-3-1-5-15(17)9-10-16-6-2-4-8-18(16)14-23;2-1(3)4/h1-8H,9-14H2,(H4,20,21,22);(H,2,3,4). The van der Waals surface area contributed by atoms with Crippen molar-refractivity contribution in [2.45, 2.75) is 25.9 Å². The summed E-state index contributed by atoms with van der Waals surface area (Å²) in [5, 5.41) is 13.6. The van der Waals surface area contributed by atoms with Crippen molar-refractivity contribution in [3.8, 4) is 0 Å². The lowest BCUT2D eigenvalue weighted by Crippen LogP contribution is -2.28. The average molecular weight is 371 g/mol. The summed E-state index contributed by atoms with van der Waals surface area (Å²) >= 11 is 0. The lowest BCUT2D eigenvalue weighted by molar-refractivity contribution is -0.742. The van der Waals surface area contributed by atoms with Gasteiger partial charge >= 0.3 is 0 Å². The molecule has 144 valence electrons. The SMILES string of the molecule is NC(N)=NCCN1Cc2ccccc2CCc2ccccc2C1.O=[N+]([O-])O. The molecule has 1 heterocycles. The summed E-state index contributed by atoms with van der Waals surface area (Å²) in [5.74, 6) is 0.162. The van der Waals surface area contributed by atoms with Gasteiger partial charge in [-0.2, -0.15) is 0 Å². The molecule has 0 aromatic heterocycles. The van der Waals surface area contributed by atoms with Crippen LogP contribution in [-0.4, -0.2) is 34.2 Å². The van der Waals surface area contributed by atoms with E-state index in [-0.39, 0.29) is 5.96 Å². The van der Waals surface area contributed by atoms with Gasteiger partial charge in [-0.1, -0.05) is 48.5 Å². The number of nitrogens with two attached hydrogens (primary N) is 2. The molecule has 1 aliphatic rings. The zero-order chi connectivity index (χ0) is 19.6. The first-order chi connectivity index (χ1) is 13.0. The monoisotopic (exact) mass is 371 g/mol. The number of hydrogen-bond acceptors (Lipinski definition) is 4. The van der Waals surface area contributed by atoms with E-state index in [0.29, 0.717) is 6.54 Å². The molecular formula is C19H25N5O3. The Bertz CT molecular complexity index is 737. The molecule has 0 unspecified atom stereocenters. The van der Waals surface area contributed by atoms with Gasteiger partial charge in [0.25, 0.3) is 5.09 Å². The molecule has 0 aliphatic carbocycles. The lowest BCUT2D eigenvalue weighted by Gasteiger charge is -2.23. The third-order valence-corrected chi connectivity index (χ3v) is 4.40.